The number of aliphatic hydroxyl groups excluding tert-OH is 1. The van der Waals surface area contributed by atoms with Gasteiger partial charge < -0.3 is 15.6 Å². The van der Waals surface area contributed by atoms with Crippen molar-refractivity contribution in [2.45, 2.75) is 38.7 Å². The number of hydrogen-bond acceptors (Lipinski definition) is 4. The van der Waals surface area contributed by atoms with Gasteiger partial charge in [0.2, 0.25) is 0 Å². The van der Waals surface area contributed by atoms with Crippen LogP contribution in [0, 0.1) is 0 Å². The van der Waals surface area contributed by atoms with Gasteiger partial charge in [-0.2, -0.15) is 0 Å². The third-order valence-corrected chi connectivity index (χ3v) is 3.39. The lowest BCUT2D eigenvalue weighted by Crippen LogP contribution is -2.36. The lowest BCUT2D eigenvalue weighted by atomic mass is 9.83. The molecule has 6 heteroatoms. The van der Waals surface area contributed by atoms with Crippen LogP contribution in [0.1, 0.15) is 33.3 Å². The predicted molar refractivity (Wildman–Crippen MR) is 84.8 cm³/mol. The molecule has 0 spiro atoms. The van der Waals surface area contributed by atoms with Gasteiger partial charge in [-0.3, -0.25) is 5.32 Å². The Hall–Kier alpha value is -1.30. The third-order valence-electron chi connectivity index (χ3n) is 3.06. The van der Waals surface area contributed by atoms with Crippen LogP contribution < -0.4 is 11.1 Å². The Kier molecular flexibility index (Phi) is 5.61. The third kappa shape index (κ3) is 4.88. The number of hydrogen-bond donors (Lipinski definition) is 3. The van der Waals surface area contributed by atoms with Crippen LogP contribution in [0.2, 0.25) is 5.02 Å². The van der Waals surface area contributed by atoms with E-state index in [-0.39, 0.29) is 13.2 Å². The molecule has 1 rings (SSSR count). The maximum atomic E-state index is 11.8. The van der Waals surface area contributed by atoms with E-state index in [0.717, 1.165) is 0 Å². The minimum atomic E-state index is -0.664. The zero-order valence-corrected chi connectivity index (χ0v) is 13.6. The summed E-state index contributed by atoms with van der Waals surface area (Å²) < 4.78 is 5.19. The summed E-state index contributed by atoms with van der Waals surface area (Å²) in [6.07, 6.45) is -0.547. The van der Waals surface area contributed by atoms with Gasteiger partial charge in [0.05, 0.1) is 6.61 Å². The quantitative estimate of drug-likeness (QED) is 0.797. The average Bonchev–Trinajstić information content (AvgIpc) is 2.38. The highest BCUT2D eigenvalue weighted by molar-refractivity contribution is 6.31. The lowest BCUT2D eigenvalue weighted by molar-refractivity contribution is 0.0636. The molecule has 118 valence electrons. The van der Waals surface area contributed by atoms with Gasteiger partial charge in [0.15, 0.2) is 0 Å². The van der Waals surface area contributed by atoms with Crippen LogP contribution >= 0.6 is 11.6 Å². The van der Waals surface area contributed by atoms with Crippen LogP contribution in [0.3, 0.4) is 0 Å². The number of carbonyl (C=O) groups excluding carboxylic acids is 1. The summed E-state index contributed by atoms with van der Waals surface area (Å²) in [7, 11) is 0. The Bertz CT molecular complexity index is 508. The topological polar surface area (TPSA) is 84.6 Å². The summed E-state index contributed by atoms with van der Waals surface area (Å²) in [6.45, 7) is 7.27. The molecule has 0 bridgehead atoms. The van der Waals surface area contributed by atoms with Gasteiger partial charge >= 0.3 is 6.09 Å². The molecule has 1 unspecified atom stereocenters. The number of benzene rings is 1. The van der Waals surface area contributed by atoms with Gasteiger partial charge in [0.1, 0.15) is 5.60 Å². The molecule has 0 fully saturated rings. The van der Waals surface area contributed by atoms with Crippen molar-refractivity contribution in [3.05, 3.63) is 28.8 Å². The number of carbonyl (C=O) groups is 1. The second kappa shape index (κ2) is 6.64. The maximum Gasteiger partial charge on any atom is 0.412 e. The van der Waals surface area contributed by atoms with Crippen LogP contribution in [-0.2, 0) is 10.2 Å². The summed E-state index contributed by atoms with van der Waals surface area (Å²) in [5.41, 5.74) is 5.71. The number of rotatable bonds is 4. The Morgan fingerprint density at radius 3 is 2.48 bits per heavy atom. The van der Waals surface area contributed by atoms with E-state index in [1.807, 2.05) is 6.92 Å². The number of anilines is 1. The summed E-state index contributed by atoms with van der Waals surface area (Å²) in [5, 5.41) is 12.7. The second-order valence-corrected chi connectivity index (χ2v) is 6.65. The first kappa shape index (κ1) is 17.8. The Labute approximate surface area is 130 Å². The molecule has 21 heavy (non-hydrogen) atoms. The molecule has 1 aromatic carbocycles. The first-order valence-corrected chi connectivity index (χ1v) is 7.10. The fraction of sp³-hybridized carbons (Fsp3) is 0.533. The summed E-state index contributed by atoms with van der Waals surface area (Å²) >= 11 is 6.17. The smallest absolute Gasteiger partial charge is 0.412 e. The Morgan fingerprint density at radius 2 is 2.00 bits per heavy atom. The average molecular weight is 315 g/mol. The fourth-order valence-corrected chi connectivity index (χ4v) is 2.09. The van der Waals surface area contributed by atoms with E-state index in [4.69, 9.17) is 22.1 Å². The molecular formula is C15H23ClN2O3. The molecule has 0 radical (unpaired) electrons. The van der Waals surface area contributed by atoms with Crippen molar-refractivity contribution in [1.82, 2.24) is 0 Å². The van der Waals surface area contributed by atoms with Crippen molar-refractivity contribution in [2.75, 3.05) is 18.5 Å². The van der Waals surface area contributed by atoms with E-state index in [0.29, 0.717) is 16.3 Å². The predicted octanol–water partition coefficient (Wildman–Crippen LogP) is 2.90. The van der Waals surface area contributed by atoms with Crippen LogP contribution in [-0.4, -0.2) is 30.0 Å². The molecule has 0 aliphatic carbocycles. The van der Waals surface area contributed by atoms with Crippen LogP contribution in [0.5, 0.6) is 0 Å². The minimum Gasteiger partial charge on any atom is -0.444 e. The van der Waals surface area contributed by atoms with E-state index in [2.05, 4.69) is 5.32 Å². The SMILES string of the molecule is CC(C)(C)OC(=O)Nc1ccc(Cl)c(C(C)(CN)CO)c1. The minimum absolute atomic E-state index is 0.140. The van der Waals surface area contributed by atoms with E-state index in [1.54, 1.807) is 39.0 Å². The normalized spacial score (nSPS) is 14.4. The van der Waals surface area contributed by atoms with Crippen molar-refractivity contribution in [1.29, 1.82) is 0 Å². The zero-order chi connectivity index (χ0) is 16.3. The monoisotopic (exact) mass is 314 g/mol. The van der Waals surface area contributed by atoms with Crippen LogP contribution in [0.4, 0.5) is 10.5 Å². The van der Waals surface area contributed by atoms with Gasteiger partial charge in [-0.25, -0.2) is 4.79 Å². The van der Waals surface area contributed by atoms with Crippen molar-refractivity contribution >= 4 is 23.4 Å². The molecule has 0 heterocycles. The molecule has 1 atom stereocenters. The first-order chi connectivity index (χ1) is 9.61. The number of halogens is 1. The molecule has 0 aliphatic rings. The Balaban J connectivity index is 3.00. The highest BCUT2D eigenvalue weighted by Gasteiger charge is 2.27. The highest BCUT2D eigenvalue weighted by Crippen LogP contribution is 2.31. The molecule has 4 N–H and O–H groups in total. The van der Waals surface area contributed by atoms with E-state index < -0.39 is 17.1 Å². The van der Waals surface area contributed by atoms with Crippen LogP contribution in [0.15, 0.2) is 18.2 Å². The maximum absolute atomic E-state index is 11.8. The van der Waals surface area contributed by atoms with Gasteiger partial charge in [-0.05, 0) is 44.5 Å². The van der Waals surface area contributed by atoms with Crippen LogP contribution in [0.25, 0.3) is 0 Å². The molecule has 0 aromatic heterocycles. The summed E-state index contributed by atoms with van der Waals surface area (Å²) in [5.74, 6) is 0. The van der Waals surface area contributed by atoms with Crippen molar-refractivity contribution in [3.8, 4) is 0 Å². The van der Waals surface area contributed by atoms with Gasteiger partial charge in [-0.1, -0.05) is 18.5 Å². The highest BCUT2D eigenvalue weighted by atomic mass is 35.5. The van der Waals surface area contributed by atoms with E-state index >= 15 is 0 Å². The van der Waals surface area contributed by atoms with Crippen molar-refractivity contribution < 1.29 is 14.6 Å². The van der Waals surface area contributed by atoms with Gasteiger partial charge in [0, 0.05) is 22.7 Å². The van der Waals surface area contributed by atoms with Crippen molar-refractivity contribution in [2.24, 2.45) is 5.73 Å². The fourth-order valence-electron chi connectivity index (χ4n) is 1.75. The molecule has 5 nitrogen and oxygen atoms in total. The molecule has 0 saturated heterocycles. The van der Waals surface area contributed by atoms with Crippen molar-refractivity contribution in [3.63, 3.8) is 0 Å². The van der Waals surface area contributed by atoms with E-state index in [9.17, 15) is 9.90 Å². The van der Waals surface area contributed by atoms with Gasteiger partial charge in [0.25, 0.3) is 0 Å². The van der Waals surface area contributed by atoms with Gasteiger partial charge in [-0.15, -0.1) is 0 Å². The summed E-state index contributed by atoms with van der Waals surface area (Å²) in [4.78, 5) is 11.8. The number of nitrogens with two attached hydrogens (primary N) is 1. The number of nitrogens with one attached hydrogen (secondary N) is 1. The number of ether oxygens (including phenoxy) is 1. The molecule has 0 aliphatic heterocycles. The molecule has 0 saturated carbocycles. The summed E-state index contributed by atoms with van der Waals surface area (Å²) in [6, 6.07) is 5.03. The molecule has 1 aromatic rings. The molecular weight excluding hydrogens is 292 g/mol. The largest absolute Gasteiger partial charge is 0.444 e. The first-order valence-electron chi connectivity index (χ1n) is 6.72. The zero-order valence-electron chi connectivity index (χ0n) is 12.9. The van der Waals surface area contributed by atoms with E-state index in [1.165, 1.54) is 0 Å². The number of aliphatic hydroxyl groups is 1. The lowest BCUT2D eigenvalue weighted by Gasteiger charge is -2.27. The number of amides is 1. The second-order valence-electron chi connectivity index (χ2n) is 6.24. The Morgan fingerprint density at radius 1 is 1.38 bits per heavy atom. The standard InChI is InChI=1S/C15H23ClN2O3/c1-14(2,3)21-13(20)18-10-5-6-12(16)11(7-10)15(4,8-17)9-19/h5-7,19H,8-9,17H2,1-4H3,(H,18,20). The molecule has 1 amide bonds.